The van der Waals surface area contributed by atoms with Crippen molar-refractivity contribution in [1.29, 1.82) is 0 Å². The molecule has 1 aromatic rings. The number of benzene rings is 1. The maximum atomic E-state index is 12.2. The van der Waals surface area contributed by atoms with E-state index in [9.17, 15) is 9.90 Å². The first kappa shape index (κ1) is 25.5. The van der Waals surface area contributed by atoms with Gasteiger partial charge in [-0.25, -0.2) is 0 Å². The molecule has 7 rings (SSSR count). The van der Waals surface area contributed by atoms with Crippen molar-refractivity contribution in [3.8, 4) is 29.1 Å². The van der Waals surface area contributed by atoms with E-state index in [-0.39, 0.29) is 23.7 Å². The summed E-state index contributed by atoms with van der Waals surface area (Å²) < 4.78 is 17.3. The molecule has 3 saturated carbocycles. The van der Waals surface area contributed by atoms with Gasteiger partial charge in [-0.1, -0.05) is 31.3 Å². The van der Waals surface area contributed by atoms with E-state index in [2.05, 4.69) is 43.7 Å². The van der Waals surface area contributed by atoms with Gasteiger partial charge < -0.3 is 19.3 Å². The predicted octanol–water partition coefficient (Wildman–Crippen LogP) is 5.22. The number of ketones is 1. The van der Waals surface area contributed by atoms with Gasteiger partial charge in [0.15, 0.2) is 17.3 Å². The minimum absolute atomic E-state index is 0.104. The third-order valence-corrected chi connectivity index (χ3v) is 11.6. The molecule has 0 aromatic heterocycles. The lowest BCUT2D eigenvalue weighted by Crippen LogP contribution is -2.49. The minimum Gasteiger partial charge on any atom is -0.492 e. The summed E-state index contributed by atoms with van der Waals surface area (Å²) in [5.41, 5.74) is 2.87. The Labute approximate surface area is 232 Å². The van der Waals surface area contributed by atoms with Crippen LogP contribution in [0.1, 0.15) is 82.4 Å². The van der Waals surface area contributed by atoms with Crippen molar-refractivity contribution < 1.29 is 24.1 Å². The molecule has 0 unspecified atom stereocenters. The zero-order valence-electron chi connectivity index (χ0n) is 23.8. The Morgan fingerprint density at radius 1 is 1.13 bits per heavy atom. The van der Waals surface area contributed by atoms with Crippen LogP contribution in [0.5, 0.6) is 17.2 Å². The molecule has 1 N–H and O–H groups in total. The Kier molecular flexibility index (Phi) is 5.72. The van der Waals surface area contributed by atoms with Crippen LogP contribution >= 0.6 is 0 Å². The Morgan fingerprint density at radius 3 is 2.79 bits per heavy atom. The van der Waals surface area contributed by atoms with Crippen LogP contribution in [0, 0.1) is 40.4 Å². The number of likely N-dealkylation sites (N-methyl/N-ethyl adjacent to an activating group) is 1. The Morgan fingerprint density at radius 2 is 1.97 bits per heavy atom. The van der Waals surface area contributed by atoms with Gasteiger partial charge in [-0.2, -0.15) is 0 Å². The Bertz CT molecular complexity index is 1320. The second-order valence-corrected chi connectivity index (χ2v) is 13.7. The molecule has 0 spiro atoms. The SMILES string of the molecule is COc1c2c(cc3c1[C@H](C#C[C@@]1(O)C[C@H]4[C@@H]5CCC6=CC(=O)CC[C@]6(C)[C@H]5CC[C@]4(C)C1)N(C)CC3)OCO2. The summed E-state index contributed by atoms with van der Waals surface area (Å²) >= 11 is 0. The van der Waals surface area contributed by atoms with Gasteiger partial charge in [-0.05, 0) is 105 Å². The summed E-state index contributed by atoms with van der Waals surface area (Å²) in [5.74, 6) is 11.1. The molecule has 208 valence electrons. The number of nitrogens with zero attached hydrogens (tertiary/aromatic N) is 1. The molecule has 6 aliphatic rings. The molecule has 2 aliphatic heterocycles. The molecule has 4 aliphatic carbocycles. The van der Waals surface area contributed by atoms with Gasteiger partial charge >= 0.3 is 0 Å². The van der Waals surface area contributed by atoms with Gasteiger partial charge in [-0.15, -0.1) is 0 Å². The van der Waals surface area contributed by atoms with E-state index in [0.717, 1.165) is 62.8 Å². The lowest BCUT2D eigenvalue weighted by molar-refractivity contribution is -0.117. The van der Waals surface area contributed by atoms with E-state index >= 15 is 0 Å². The molecule has 0 amide bonds. The Balaban J connectivity index is 1.19. The van der Waals surface area contributed by atoms with Crippen molar-refractivity contribution >= 4 is 5.78 Å². The van der Waals surface area contributed by atoms with E-state index in [1.165, 1.54) is 17.6 Å². The molecular weight excluding hydrogens is 490 g/mol. The summed E-state index contributed by atoms with van der Waals surface area (Å²) in [6.07, 6.45) is 10.5. The van der Waals surface area contributed by atoms with E-state index in [0.29, 0.717) is 41.5 Å². The van der Waals surface area contributed by atoms with Crippen LogP contribution in [0.2, 0.25) is 0 Å². The number of carbonyl (C=O) groups excluding carboxylic acids is 1. The van der Waals surface area contributed by atoms with E-state index < -0.39 is 5.60 Å². The van der Waals surface area contributed by atoms with Crippen molar-refractivity contribution in [2.45, 2.75) is 83.3 Å². The molecule has 6 heteroatoms. The van der Waals surface area contributed by atoms with Gasteiger partial charge in [0.2, 0.25) is 12.5 Å². The first-order chi connectivity index (χ1) is 18.6. The first-order valence-electron chi connectivity index (χ1n) is 14.8. The topological polar surface area (TPSA) is 68.2 Å². The van der Waals surface area contributed by atoms with Gasteiger partial charge in [0.1, 0.15) is 11.6 Å². The third-order valence-electron chi connectivity index (χ3n) is 11.6. The standard InChI is InChI=1S/C33H41NO5/c1-31-11-8-24-23(6-5-21-16-22(35)7-12-32(21,24)2)25(31)17-33(36,18-31)13-9-26-28-20(10-14-34(26)3)15-27-29(30(28)37-4)39-19-38-27/h15-16,23-26,36H,5-8,10-12,14,17-19H2,1-4H3/t23-,24+,25+,26+,31-,32+,33-/m1/s1. The number of hydrogen-bond acceptors (Lipinski definition) is 6. The molecule has 7 atom stereocenters. The molecule has 39 heavy (non-hydrogen) atoms. The van der Waals surface area contributed by atoms with Crippen LogP contribution in [0.25, 0.3) is 0 Å². The van der Waals surface area contributed by atoms with E-state index in [1.807, 2.05) is 6.08 Å². The van der Waals surface area contributed by atoms with Crippen LogP contribution in [0.4, 0.5) is 0 Å². The summed E-state index contributed by atoms with van der Waals surface area (Å²) in [4.78, 5) is 14.4. The zero-order valence-corrected chi connectivity index (χ0v) is 23.8. The van der Waals surface area contributed by atoms with Crippen LogP contribution < -0.4 is 14.2 Å². The average molecular weight is 532 g/mol. The summed E-state index contributed by atoms with van der Waals surface area (Å²) in [6.45, 7) is 5.90. The zero-order chi connectivity index (χ0) is 27.2. The van der Waals surface area contributed by atoms with Gasteiger partial charge in [0.05, 0.1) is 7.11 Å². The summed E-state index contributed by atoms with van der Waals surface area (Å²) in [6, 6.07) is 1.90. The predicted molar refractivity (Wildman–Crippen MR) is 148 cm³/mol. The monoisotopic (exact) mass is 531 g/mol. The lowest BCUT2D eigenvalue weighted by Gasteiger charge is -2.57. The number of carbonyl (C=O) groups is 1. The van der Waals surface area contributed by atoms with Crippen LogP contribution in [-0.2, 0) is 11.2 Å². The summed E-state index contributed by atoms with van der Waals surface area (Å²) in [7, 11) is 3.77. The molecule has 0 radical (unpaired) electrons. The van der Waals surface area contributed by atoms with E-state index in [4.69, 9.17) is 14.2 Å². The number of methoxy groups -OCH3 is 1. The van der Waals surface area contributed by atoms with Gasteiger partial charge in [0.25, 0.3) is 0 Å². The number of fused-ring (bicyclic) bond motifs is 7. The second-order valence-electron chi connectivity index (χ2n) is 13.7. The van der Waals surface area contributed by atoms with Crippen molar-refractivity contribution in [1.82, 2.24) is 4.90 Å². The van der Waals surface area contributed by atoms with Crippen molar-refractivity contribution in [3.63, 3.8) is 0 Å². The molecule has 3 fully saturated rings. The highest BCUT2D eigenvalue weighted by Gasteiger charge is 2.60. The fraction of sp³-hybridized carbons (Fsp3) is 0.667. The second kappa shape index (κ2) is 8.75. The molecular formula is C33H41NO5. The number of rotatable bonds is 1. The first-order valence-corrected chi connectivity index (χ1v) is 14.8. The van der Waals surface area contributed by atoms with Crippen LogP contribution in [0.15, 0.2) is 17.7 Å². The average Bonchev–Trinajstić information content (AvgIpc) is 3.48. The number of allylic oxidation sites excluding steroid dienone is 1. The lowest BCUT2D eigenvalue weighted by atomic mass is 9.47. The van der Waals surface area contributed by atoms with Crippen LogP contribution in [0.3, 0.4) is 0 Å². The fourth-order valence-corrected chi connectivity index (χ4v) is 9.59. The largest absolute Gasteiger partial charge is 0.492 e. The number of ether oxygens (including phenoxy) is 3. The highest BCUT2D eigenvalue weighted by Crippen LogP contribution is 2.66. The highest BCUT2D eigenvalue weighted by molar-refractivity contribution is 5.91. The molecule has 0 bridgehead atoms. The van der Waals surface area contributed by atoms with Crippen LogP contribution in [-0.4, -0.2) is 48.9 Å². The molecule has 1 aromatic carbocycles. The van der Waals surface area contributed by atoms with Crippen molar-refractivity contribution in [2.75, 3.05) is 27.5 Å². The highest BCUT2D eigenvalue weighted by atomic mass is 16.7. The number of aliphatic hydroxyl groups is 1. The number of hydrogen-bond donors (Lipinski definition) is 1. The van der Waals surface area contributed by atoms with Gasteiger partial charge in [-0.3, -0.25) is 9.69 Å². The smallest absolute Gasteiger partial charge is 0.231 e. The fourth-order valence-electron chi connectivity index (χ4n) is 9.59. The summed E-state index contributed by atoms with van der Waals surface area (Å²) in [5, 5.41) is 12.0. The molecule has 0 saturated heterocycles. The van der Waals surface area contributed by atoms with Crippen molar-refractivity contribution in [3.05, 3.63) is 28.8 Å². The maximum absolute atomic E-state index is 12.2. The molecule has 6 nitrogen and oxygen atoms in total. The molecule has 2 heterocycles. The third kappa shape index (κ3) is 3.79. The minimum atomic E-state index is -0.990. The Hall–Kier alpha value is -2.49. The van der Waals surface area contributed by atoms with Gasteiger partial charge in [0, 0.05) is 18.5 Å². The van der Waals surface area contributed by atoms with E-state index in [1.54, 1.807) is 7.11 Å². The maximum Gasteiger partial charge on any atom is 0.231 e. The normalized spacial score (nSPS) is 40.4. The van der Waals surface area contributed by atoms with Crippen molar-refractivity contribution in [2.24, 2.45) is 28.6 Å². The quantitative estimate of drug-likeness (QED) is 0.502.